The number of halogens is 4. The van der Waals surface area contributed by atoms with Crippen LogP contribution in [-0.2, 0) is 9.59 Å². The fraction of sp³-hybridized carbons (Fsp3) is 0.348. The molecular weight excluding hydrogens is 503 g/mol. The average Bonchev–Trinajstić information content (AvgIpc) is 3.39. The second-order valence-electron chi connectivity index (χ2n) is 8.13. The summed E-state index contributed by atoms with van der Waals surface area (Å²) < 4.78 is 41.3. The van der Waals surface area contributed by atoms with Crippen LogP contribution in [-0.4, -0.2) is 44.4 Å². The minimum Gasteiger partial charge on any atom is -0.351 e. The van der Waals surface area contributed by atoms with Gasteiger partial charge in [0.25, 0.3) is 11.5 Å². The number of anilines is 1. The van der Waals surface area contributed by atoms with E-state index in [1.807, 2.05) is 0 Å². The zero-order valence-electron chi connectivity index (χ0n) is 18.3. The highest BCUT2D eigenvalue weighted by molar-refractivity contribution is 7.13. The molecule has 0 spiro atoms. The van der Waals surface area contributed by atoms with E-state index in [-0.39, 0.29) is 36.9 Å². The van der Waals surface area contributed by atoms with Gasteiger partial charge in [-0.15, -0.1) is 11.3 Å². The fourth-order valence-corrected chi connectivity index (χ4v) is 4.72. The summed E-state index contributed by atoms with van der Waals surface area (Å²) in [5.74, 6) is -4.60. The molecule has 184 valence electrons. The smallest absolute Gasteiger partial charge is 0.278 e. The molecule has 0 bridgehead atoms. The number of carbonyl (C=O) groups is 2. The van der Waals surface area contributed by atoms with Crippen molar-refractivity contribution >= 4 is 40.4 Å². The molecule has 1 saturated carbocycles. The number of alkyl halides is 4. The average molecular weight is 524 g/mol. The molecule has 1 aliphatic rings. The molecule has 1 aromatic carbocycles. The highest BCUT2D eigenvalue weighted by atomic mass is 35.5. The number of nitrogens with one attached hydrogen (secondary N) is 1. The largest absolute Gasteiger partial charge is 0.351 e. The maximum absolute atomic E-state index is 14.1. The van der Waals surface area contributed by atoms with Crippen LogP contribution in [0.5, 0.6) is 0 Å². The summed E-state index contributed by atoms with van der Waals surface area (Å²) in [6, 6.07) is 4.66. The molecule has 0 radical (unpaired) electrons. The monoisotopic (exact) mass is 523 g/mol. The van der Waals surface area contributed by atoms with E-state index in [0.717, 1.165) is 15.3 Å². The van der Waals surface area contributed by atoms with Crippen molar-refractivity contribution in [2.75, 3.05) is 4.90 Å². The van der Waals surface area contributed by atoms with Gasteiger partial charge in [-0.2, -0.15) is 0 Å². The lowest BCUT2D eigenvalue weighted by Crippen LogP contribution is -2.49. The summed E-state index contributed by atoms with van der Waals surface area (Å²) in [5.41, 5.74) is 0.494. The molecule has 0 saturated heterocycles. The Labute approximate surface area is 208 Å². The minimum absolute atomic E-state index is 0.0789. The first-order valence-corrected chi connectivity index (χ1v) is 12.1. The predicted octanol–water partition coefficient (Wildman–Crippen LogP) is 4.90. The van der Waals surface area contributed by atoms with Crippen molar-refractivity contribution in [2.24, 2.45) is 0 Å². The van der Waals surface area contributed by atoms with E-state index in [4.69, 9.17) is 11.6 Å². The Bertz CT molecular complexity index is 1140. The Morgan fingerprint density at radius 3 is 2.31 bits per heavy atom. The van der Waals surface area contributed by atoms with E-state index in [1.54, 1.807) is 36.0 Å². The van der Waals surface area contributed by atoms with Crippen LogP contribution in [0.25, 0.3) is 10.4 Å². The number of nitrogens with zero attached hydrogens (tertiary/aromatic N) is 4. The molecule has 35 heavy (non-hydrogen) atoms. The predicted molar refractivity (Wildman–Crippen MR) is 126 cm³/mol. The molecule has 2 aromatic heterocycles. The molecule has 2 amide bonds. The number of rotatable bonds is 7. The van der Waals surface area contributed by atoms with E-state index >= 15 is 0 Å². The van der Waals surface area contributed by atoms with Crippen LogP contribution in [0.3, 0.4) is 0 Å². The lowest BCUT2D eigenvalue weighted by atomic mass is 9.92. The molecule has 3 aromatic rings. The molecule has 4 rings (SSSR count). The maximum atomic E-state index is 14.1. The van der Waals surface area contributed by atoms with Crippen molar-refractivity contribution in [1.82, 2.24) is 20.3 Å². The van der Waals surface area contributed by atoms with Crippen molar-refractivity contribution < 1.29 is 22.8 Å². The normalized spacial score (nSPS) is 17.4. The van der Waals surface area contributed by atoms with Gasteiger partial charge in [0.1, 0.15) is 12.4 Å². The molecule has 0 unspecified atom stereocenters. The second-order valence-corrected chi connectivity index (χ2v) is 9.40. The van der Waals surface area contributed by atoms with Crippen molar-refractivity contribution in [3.8, 4) is 10.4 Å². The third kappa shape index (κ3) is 5.96. The Morgan fingerprint density at radius 1 is 1.09 bits per heavy atom. The van der Waals surface area contributed by atoms with Gasteiger partial charge >= 0.3 is 0 Å². The number of hydrogen-bond acceptors (Lipinski definition) is 6. The lowest BCUT2D eigenvalue weighted by Gasteiger charge is -2.34. The fourth-order valence-electron chi connectivity index (χ4n) is 3.99. The maximum Gasteiger partial charge on any atom is 0.278 e. The Morgan fingerprint density at radius 2 is 1.74 bits per heavy atom. The van der Waals surface area contributed by atoms with E-state index in [2.05, 4.69) is 20.3 Å². The van der Waals surface area contributed by atoms with E-state index in [9.17, 15) is 22.8 Å². The summed E-state index contributed by atoms with van der Waals surface area (Å²) in [4.78, 5) is 40.1. The van der Waals surface area contributed by atoms with Crippen LogP contribution in [0, 0.1) is 0 Å². The third-order valence-corrected chi connectivity index (χ3v) is 6.76. The number of carbonyl (C=O) groups excluding carboxylic acids is 2. The van der Waals surface area contributed by atoms with Crippen LogP contribution in [0.1, 0.15) is 37.3 Å². The lowest BCUT2D eigenvalue weighted by molar-refractivity contribution is -0.128. The minimum atomic E-state index is -2.77. The van der Waals surface area contributed by atoms with E-state index in [0.29, 0.717) is 0 Å². The van der Waals surface area contributed by atoms with Gasteiger partial charge in [-0.1, -0.05) is 23.7 Å². The molecule has 0 aliphatic heterocycles. The first-order valence-electron chi connectivity index (χ1n) is 10.8. The van der Waals surface area contributed by atoms with E-state index < -0.39 is 35.5 Å². The second kappa shape index (κ2) is 10.7. The molecule has 7 nitrogen and oxygen atoms in total. The van der Waals surface area contributed by atoms with Crippen LogP contribution in [0.15, 0.2) is 54.7 Å². The topological polar surface area (TPSA) is 88.1 Å². The van der Waals surface area contributed by atoms with Gasteiger partial charge in [0.15, 0.2) is 0 Å². The standard InChI is InChI=1S/C23H21ClF3N5O2S/c24-20(25)22(34)32(17-3-1-14(2-4-17)18-11-30-13-35-18)19(15-9-28-12-29-10-15)21(33)31-16-5-7-23(26,27)8-6-16/h1-4,9-13,16,19-20H,5-8H2,(H,31,33)/t19-,20+/m1/s1. The first-order chi connectivity index (χ1) is 16.7. The molecule has 2 heterocycles. The summed E-state index contributed by atoms with van der Waals surface area (Å²) in [5, 5.41) is 2.74. The first kappa shape index (κ1) is 25.1. The Kier molecular flexibility index (Phi) is 7.66. The van der Waals surface area contributed by atoms with Gasteiger partial charge in [0.2, 0.25) is 11.8 Å². The summed E-state index contributed by atoms with van der Waals surface area (Å²) in [6.07, 6.45) is 5.05. The van der Waals surface area contributed by atoms with Gasteiger partial charge in [0.05, 0.1) is 10.4 Å². The van der Waals surface area contributed by atoms with Crippen molar-refractivity contribution in [3.05, 3.63) is 60.3 Å². The SMILES string of the molecule is O=C(NC1CCC(F)(F)CC1)[C@@H](c1cncnc1)N(C(=O)[C@H](F)Cl)c1ccc(-c2cncs2)cc1. The van der Waals surface area contributed by atoms with Crippen LogP contribution in [0.2, 0.25) is 0 Å². The zero-order chi connectivity index (χ0) is 25.0. The molecular formula is C23H21ClF3N5O2S. The number of benzene rings is 1. The van der Waals surface area contributed by atoms with Crippen LogP contribution in [0.4, 0.5) is 18.9 Å². The molecule has 1 aliphatic carbocycles. The van der Waals surface area contributed by atoms with Gasteiger partial charge in [-0.3, -0.25) is 19.5 Å². The Balaban J connectivity index is 1.68. The summed E-state index contributed by atoms with van der Waals surface area (Å²) in [6.45, 7) is 0. The van der Waals surface area contributed by atoms with Crippen molar-refractivity contribution in [3.63, 3.8) is 0 Å². The van der Waals surface area contributed by atoms with Crippen molar-refractivity contribution in [1.29, 1.82) is 0 Å². The Hall–Kier alpha value is -3.05. The number of hydrogen-bond donors (Lipinski definition) is 1. The number of thiazole rings is 1. The molecule has 12 heteroatoms. The van der Waals surface area contributed by atoms with Gasteiger partial charge in [0, 0.05) is 48.7 Å². The molecule has 2 atom stereocenters. The highest BCUT2D eigenvalue weighted by Gasteiger charge is 2.39. The summed E-state index contributed by atoms with van der Waals surface area (Å²) >= 11 is 6.96. The van der Waals surface area contributed by atoms with Crippen LogP contribution < -0.4 is 10.2 Å². The molecule has 1 fully saturated rings. The molecule has 1 N–H and O–H groups in total. The van der Waals surface area contributed by atoms with E-state index in [1.165, 1.54) is 30.1 Å². The van der Waals surface area contributed by atoms with Crippen LogP contribution >= 0.6 is 22.9 Å². The highest BCUT2D eigenvalue weighted by Crippen LogP contribution is 2.35. The zero-order valence-corrected chi connectivity index (χ0v) is 19.9. The number of aromatic nitrogens is 3. The van der Waals surface area contributed by atoms with Gasteiger partial charge < -0.3 is 5.32 Å². The quantitative estimate of drug-likeness (QED) is 0.445. The summed E-state index contributed by atoms with van der Waals surface area (Å²) in [7, 11) is 0. The van der Waals surface area contributed by atoms with Gasteiger partial charge in [-0.25, -0.2) is 23.1 Å². The van der Waals surface area contributed by atoms with Crippen molar-refractivity contribution in [2.45, 2.75) is 49.3 Å². The number of amides is 2. The van der Waals surface area contributed by atoms with Gasteiger partial charge in [-0.05, 0) is 30.5 Å². The third-order valence-electron chi connectivity index (χ3n) is 5.75.